The lowest BCUT2D eigenvalue weighted by Crippen LogP contribution is -2.53. The molecule has 0 aromatic heterocycles. The number of hydrogen-bond acceptors (Lipinski definition) is 5. The van der Waals surface area contributed by atoms with E-state index in [1.165, 1.54) is 17.1 Å². The van der Waals surface area contributed by atoms with E-state index in [0.29, 0.717) is 38.5 Å². The zero-order valence-corrected chi connectivity index (χ0v) is 15.8. The summed E-state index contributed by atoms with van der Waals surface area (Å²) in [5.41, 5.74) is 1.06. The van der Waals surface area contributed by atoms with Crippen molar-refractivity contribution in [3.63, 3.8) is 0 Å². The molecule has 0 bridgehead atoms. The van der Waals surface area contributed by atoms with Crippen LogP contribution in [0.25, 0.3) is 0 Å². The molecule has 0 atom stereocenters. The van der Waals surface area contributed by atoms with Crippen LogP contribution in [0.4, 0.5) is 9.18 Å². The third-order valence-electron chi connectivity index (χ3n) is 4.69. The van der Waals surface area contributed by atoms with Gasteiger partial charge in [0.05, 0.1) is 13.2 Å². The quantitative estimate of drug-likeness (QED) is 0.782. The van der Waals surface area contributed by atoms with Gasteiger partial charge in [0, 0.05) is 39.0 Å². The van der Waals surface area contributed by atoms with Crippen molar-refractivity contribution < 1.29 is 23.5 Å². The number of nitrogens with zero attached hydrogens (tertiary/aromatic N) is 4. The first-order chi connectivity index (χ1) is 13.5. The summed E-state index contributed by atoms with van der Waals surface area (Å²) >= 11 is 0. The molecule has 1 saturated heterocycles. The number of ether oxygens (including phenoxy) is 1. The van der Waals surface area contributed by atoms with E-state index < -0.39 is 0 Å². The summed E-state index contributed by atoms with van der Waals surface area (Å²) in [5, 5.41) is 5.51. The second kappa shape index (κ2) is 8.81. The van der Waals surface area contributed by atoms with Crippen molar-refractivity contribution in [3.05, 3.63) is 35.6 Å². The fourth-order valence-corrected chi connectivity index (χ4v) is 3.13. The summed E-state index contributed by atoms with van der Waals surface area (Å²) in [5.74, 6) is -0.747. The van der Waals surface area contributed by atoms with Gasteiger partial charge in [0.15, 0.2) is 0 Å². The molecule has 2 aliphatic rings. The molecular formula is C19H23FN4O4. The Morgan fingerprint density at radius 1 is 1.07 bits per heavy atom. The number of hydrogen-bond donors (Lipinski definition) is 0. The number of amides is 3. The van der Waals surface area contributed by atoms with Gasteiger partial charge in [-0.05, 0) is 24.6 Å². The maximum absolute atomic E-state index is 13.0. The Kier molecular flexibility index (Phi) is 6.23. The van der Waals surface area contributed by atoms with Gasteiger partial charge in [-0.1, -0.05) is 12.1 Å². The Morgan fingerprint density at radius 3 is 2.36 bits per heavy atom. The van der Waals surface area contributed by atoms with Crippen LogP contribution >= 0.6 is 0 Å². The van der Waals surface area contributed by atoms with E-state index in [1.807, 2.05) is 0 Å². The largest absolute Gasteiger partial charge is 0.450 e. The number of benzene rings is 1. The Morgan fingerprint density at radius 2 is 1.71 bits per heavy atom. The lowest BCUT2D eigenvalue weighted by Gasteiger charge is -2.35. The SMILES string of the molecule is CCOC(=O)N1CCN(C(=O)C2=NN(Cc3ccc(F)cc3)C(=O)CC2)CC1. The first-order valence-corrected chi connectivity index (χ1v) is 9.31. The van der Waals surface area contributed by atoms with Crippen LogP contribution in [0.15, 0.2) is 29.4 Å². The monoisotopic (exact) mass is 390 g/mol. The molecule has 0 N–H and O–H groups in total. The van der Waals surface area contributed by atoms with E-state index in [2.05, 4.69) is 5.10 Å². The molecule has 9 heteroatoms. The maximum Gasteiger partial charge on any atom is 0.409 e. The van der Waals surface area contributed by atoms with Gasteiger partial charge in [0.1, 0.15) is 11.5 Å². The summed E-state index contributed by atoms with van der Waals surface area (Å²) in [6.45, 7) is 3.83. The number of hydrazone groups is 1. The molecule has 0 spiro atoms. The predicted molar refractivity (Wildman–Crippen MR) is 98.8 cm³/mol. The summed E-state index contributed by atoms with van der Waals surface area (Å²) < 4.78 is 18.0. The second-order valence-electron chi connectivity index (χ2n) is 6.60. The van der Waals surface area contributed by atoms with Gasteiger partial charge >= 0.3 is 6.09 Å². The van der Waals surface area contributed by atoms with Crippen LogP contribution in [0, 0.1) is 5.82 Å². The van der Waals surface area contributed by atoms with Gasteiger partial charge in [-0.15, -0.1) is 0 Å². The first-order valence-electron chi connectivity index (χ1n) is 9.31. The Balaban J connectivity index is 1.62. The minimum atomic E-state index is -0.374. The number of piperazine rings is 1. The van der Waals surface area contributed by atoms with Crippen LogP contribution in [0.2, 0.25) is 0 Å². The molecule has 1 fully saturated rings. The minimum absolute atomic E-state index is 0.173. The average molecular weight is 390 g/mol. The number of carbonyl (C=O) groups is 3. The van der Waals surface area contributed by atoms with Crippen molar-refractivity contribution in [2.75, 3.05) is 32.8 Å². The molecule has 1 aromatic rings. The van der Waals surface area contributed by atoms with Gasteiger partial charge in [-0.3, -0.25) is 9.59 Å². The molecule has 3 amide bonds. The zero-order chi connectivity index (χ0) is 20.1. The molecule has 0 aliphatic carbocycles. The molecule has 28 heavy (non-hydrogen) atoms. The van der Waals surface area contributed by atoms with Crippen LogP contribution in [-0.2, 0) is 20.9 Å². The first kappa shape index (κ1) is 19.8. The highest BCUT2D eigenvalue weighted by molar-refractivity contribution is 6.39. The van der Waals surface area contributed by atoms with Crippen molar-refractivity contribution in [2.24, 2.45) is 5.10 Å². The van der Waals surface area contributed by atoms with Gasteiger partial charge < -0.3 is 14.5 Å². The summed E-state index contributed by atoms with van der Waals surface area (Å²) in [6.07, 6.45) is 0.116. The fraction of sp³-hybridized carbons (Fsp3) is 0.474. The third-order valence-corrected chi connectivity index (χ3v) is 4.69. The highest BCUT2D eigenvalue weighted by atomic mass is 19.1. The topological polar surface area (TPSA) is 82.5 Å². The molecule has 0 unspecified atom stereocenters. The van der Waals surface area contributed by atoms with Crippen molar-refractivity contribution in [1.29, 1.82) is 0 Å². The van der Waals surface area contributed by atoms with Gasteiger partial charge in [-0.25, -0.2) is 14.2 Å². The molecule has 8 nitrogen and oxygen atoms in total. The van der Waals surface area contributed by atoms with E-state index in [0.717, 1.165) is 5.56 Å². The molecule has 2 aliphatic heterocycles. The highest BCUT2D eigenvalue weighted by Crippen LogP contribution is 2.16. The fourth-order valence-electron chi connectivity index (χ4n) is 3.13. The van der Waals surface area contributed by atoms with Crippen LogP contribution in [0.3, 0.4) is 0 Å². The van der Waals surface area contributed by atoms with Crippen molar-refractivity contribution in [2.45, 2.75) is 26.3 Å². The van der Waals surface area contributed by atoms with Crippen molar-refractivity contribution in [1.82, 2.24) is 14.8 Å². The van der Waals surface area contributed by atoms with E-state index >= 15 is 0 Å². The second-order valence-corrected chi connectivity index (χ2v) is 6.60. The van der Waals surface area contributed by atoms with E-state index in [4.69, 9.17) is 4.74 Å². The van der Waals surface area contributed by atoms with Gasteiger partial charge in [0.2, 0.25) is 5.91 Å². The van der Waals surface area contributed by atoms with Crippen molar-refractivity contribution in [3.8, 4) is 0 Å². The maximum atomic E-state index is 13.0. The molecule has 2 heterocycles. The standard InChI is InChI=1S/C19H23FN4O4/c1-2-28-19(27)23-11-9-22(10-12-23)18(26)16-7-8-17(25)24(21-16)13-14-3-5-15(20)6-4-14/h3-6H,2,7-13H2,1H3. The van der Waals surface area contributed by atoms with Crippen LogP contribution in [0.1, 0.15) is 25.3 Å². The van der Waals surface area contributed by atoms with Crippen molar-refractivity contribution >= 4 is 23.6 Å². The van der Waals surface area contributed by atoms with Crippen LogP contribution in [-0.4, -0.2) is 71.2 Å². The molecule has 1 aromatic carbocycles. The number of rotatable bonds is 4. The van der Waals surface area contributed by atoms with E-state index in [-0.39, 0.29) is 43.1 Å². The van der Waals surface area contributed by atoms with Crippen LogP contribution in [0.5, 0.6) is 0 Å². The number of carbonyl (C=O) groups excluding carboxylic acids is 3. The smallest absolute Gasteiger partial charge is 0.409 e. The summed E-state index contributed by atoms with van der Waals surface area (Å²) in [6, 6.07) is 5.82. The lowest BCUT2D eigenvalue weighted by atomic mass is 10.1. The predicted octanol–water partition coefficient (Wildman–Crippen LogP) is 1.60. The summed E-state index contributed by atoms with van der Waals surface area (Å²) in [4.78, 5) is 39.9. The van der Waals surface area contributed by atoms with Gasteiger partial charge in [-0.2, -0.15) is 5.10 Å². The molecule has 0 saturated carbocycles. The lowest BCUT2D eigenvalue weighted by molar-refractivity contribution is -0.132. The highest BCUT2D eigenvalue weighted by Gasteiger charge is 2.30. The zero-order valence-electron chi connectivity index (χ0n) is 15.8. The van der Waals surface area contributed by atoms with Gasteiger partial charge in [0.25, 0.3) is 5.91 Å². The molecule has 0 radical (unpaired) electrons. The Bertz CT molecular complexity index is 773. The number of halogens is 1. The summed E-state index contributed by atoms with van der Waals surface area (Å²) in [7, 11) is 0. The van der Waals surface area contributed by atoms with Crippen LogP contribution < -0.4 is 0 Å². The Labute approximate surface area is 162 Å². The normalized spacial score (nSPS) is 17.4. The Hall–Kier alpha value is -2.97. The molecule has 3 rings (SSSR count). The average Bonchev–Trinajstić information content (AvgIpc) is 2.71. The van der Waals surface area contributed by atoms with E-state index in [1.54, 1.807) is 28.9 Å². The third kappa shape index (κ3) is 4.65. The minimum Gasteiger partial charge on any atom is -0.450 e. The molecular weight excluding hydrogens is 367 g/mol. The molecule has 150 valence electrons. The van der Waals surface area contributed by atoms with E-state index in [9.17, 15) is 18.8 Å².